The van der Waals surface area contributed by atoms with Crippen molar-refractivity contribution >= 4 is 0 Å². The molecule has 0 bridgehead atoms. The SMILES string of the molecule is CCc1cccc(C2(OC)CCOCC2)c1. The van der Waals surface area contributed by atoms with E-state index in [9.17, 15) is 0 Å². The Hall–Kier alpha value is -0.860. The van der Waals surface area contributed by atoms with Crippen molar-refractivity contribution in [3.05, 3.63) is 35.4 Å². The van der Waals surface area contributed by atoms with Crippen molar-refractivity contribution in [2.75, 3.05) is 20.3 Å². The molecule has 1 aliphatic rings. The fourth-order valence-electron chi connectivity index (χ4n) is 2.39. The summed E-state index contributed by atoms with van der Waals surface area (Å²) in [6, 6.07) is 8.75. The van der Waals surface area contributed by atoms with Crippen LogP contribution in [0.5, 0.6) is 0 Å². The molecule has 2 nitrogen and oxygen atoms in total. The van der Waals surface area contributed by atoms with E-state index in [2.05, 4.69) is 31.2 Å². The van der Waals surface area contributed by atoms with Crippen LogP contribution >= 0.6 is 0 Å². The largest absolute Gasteiger partial charge is 0.381 e. The zero-order valence-electron chi connectivity index (χ0n) is 10.2. The minimum absolute atomic E-state index is 0.122. The van der Waals surface area contributed by atoms with Crippen molar-refractivity contribution in [2.45, 2.75) is 31.8 Å². The average Bonchev–Trinajstić information content (AvgIpc) is 2.39. The Labute approximate surface area is 97.6 Å². The number of methoxy groups -OCH3 is 1. The summed E-state index contributed by atoms with van der Waals surface area (Å²) in [5.74, 6) is 0. The van der Waals surface area contributed by atoms with Gasteiger partial charge in [0, 0.05) is 33.2 Å². The highest BCUT2D eigenvalue weighted by molar-refractivity contribution is 5.29. The summed E-state index contributed by atoms with van der Waals surface area (Å²) in [7, 11) is 1.81. The molecule has 0 spiro atoms. The zero-order chi connectivity index (χ0) is 11.4. The lowest BCUT2D eigenvalue weighted by molar-refractivity contribution is -0.0948. The lowest BCUT2D eigenvalue weighted by atomic mass is 9.85. The van der Waals surface area contributed by atoms with Gasteiger partial charge in [0.25, 0.3) is 0 Å². The van der Waals surface area contributed by atoms with Crippen LogP contribution in [-0.4, -0.2) is 20.3 Å². The number of aryl methyl sites for hydroxylation is 1. The van der Waals surface area contributed by atoms with E-state index in [1.807, 2.05) is 7.11 Å². The van der Waals surface area contributed by atoms with Crippen molar-refractivity contribution in [2.24, 2.45) is 0 Å². The van der Waals surface area contributed by atoms with Crippen LogP contribution in [0.1, 0.15) is 30.9 Å². The molecule has 0 radical (unpaired) electrons. The standard InChI is InChI=1S/C14H20O2/c1-3-12-5-4-6-13(11-12)14(15-2)7-9-16-10-8-14/h4-6,11H,3,7-10H2,1-2H3. The summed E-state index contributed by atoms with van der Waals surface area (Å²) in [6.45, 7) is 3.77. The van der Waals surface area contributed by atoms with Gasteiger partial charge in [0.05, 0.1) is 5.60 Å². The molecule has 16 heavy (non-hydrogen) atoms. The Morgan fingerprint density at radius 1 is 1.31 bits per heavy atom. The van der Waals surface area contributed by atoms with Crippen LogP contribution in [0.25, 0.3) is 0 Å². The maximum atomic E-state index is 5.78. The number of hydrogen-bond acceptors (Lipinski definition) is 2. The van der Waals surface area contributed by atoms with Crippen molar-refractivity contribution in [3.8, 4) is 0 Å². The smallest absolute Gasteiger partial charge is 0.0971 e. The fraction of sp³-hybridized carbons (Fsp3) is 0.571. The Bertz CT molecular complexity index is 340. The summed E-state index contributed by atoms with van der Waals surface area (Å²) in [6.07, 6.45) is 2.98. The second kappa shape index (κ2) is 4.98. The highest BCUT2D eigenvalue weighted by atomic mass is 16.5. The summed E-state index contributed by atoms with van der Waals surface area (Å²) in [5.41, 5.74) is 2.56. The third-order valence-corrected chi connectivity index (χ3v) is 3.55. The molecule has 1 aromatic carbocycles. The maximum Gasteiger partial charge on any atom is 0.0971 e. The lowest BCUT2D eigenvalue weighted by Gasteiger charge is -2.36. The number of benzene rings is 1. The van der Waals surface area contributed by atoms with Gasteiger partial charge in [-0.15, -0.1) is 0 Å². The van der Waals surface area contributed by atoms with Gasteiger partial charge in [0.2, 0.25) is 0 Å². The van der Waals surface area contributed by atoms with Crippen LogP contribution < -0.4 is 0 Å². The maximum absolute atomic E-state index is 5.78. The monoisotopic (exact) mass is 220 g/mol. The predicted octanol–water partition coefficient (Wildman–Crippen LogP) is 2.90. The van der Waals surface area contributed by atoms with Crippen LogP contribution in [0.2, 0.25) is 0 Å². The lowest BCUT2D eigenvalue weighted by Crippen LogP contribution is -2.35. The van der Waals surface area contributed by atoms with E-state index in [0.29, 0.717) is 0 Å². The molecule has 2 rings (SSSR count). The molecule has 1 fully saturated rings. The molecule has 0 aliphatic carbocycles. The average molecular weight is 220 g/mol. The summed E-state index contributed by atoms with van der Waals surface area (Å²) in [4.78, 5) is 0. The molecular weight excluding hydrogens is 200 g/mol. The van der Waals surface area contributed by atoms with E-state index < -0.39 is 0 Å². The Kier molecular flexibility index (Phi) is 3.62. The molecule has 0 saturated carbocycles. The number of ether oxygens (including phenoxy) is 2. The quantitative estimate of drug-likeness (QED) is 0.779. The van der Waals surface area contributed by atoms with E-state index in [1.165, 1.54) is 11.1 Å². The molecule has 88 valence electrons. The molecule has 1 saturated heterocycles. The van der Waals surface area contributed by atoms with Crippen LogP contribution in [-0.2, 0) is 21.5 Å². The molecule has 0 atom stereocenters. The molecule has 0 N–H and O–H groups in total. The van der Waals surface area contributed by atoms with Gasteiger partial charge in [-0.2, -0.15) is 0 Å². The van der Waals surface area contributed by atoms with Crippen LogP contribution in [0.3, 0.4) is 0 Å². The van der Waals surface area contributed by atoms with Crippen LogP contribution in [0.15, 0.2) is 24.3 Å². The minimum atomic E-state index is -0.122. The van der Waals surface area contributed by atoms with E-state index in [1.54, 1.807) is 0 Å². The highest BCUT2D eigenvalue weighted by Crippen LogP contribution is 2.35. The highest BCUT2D eigenvalue weighted by Gasteiger charge is 2.34. The van der Waals surface area contributed by atoms with Crippen molar-refractivity contribution < 1.29 is 9.47 Å². The normalized spacial score (nSPS) is 19.6. The molecule has 2 heteroatoms. The van der Waals surface area contributed by atoms with Crippen molar-refractivity contribution in [1.29, 1.82) is 0 Å². The number of rotatable bonds is 3. The van der Waals surface area contributed by atoms with Gasteiger partial charge < -0.3 is 9.47 Å². The van der Waals surface area contributed by atoms with E-state index in [0.717, 1.165) is 32.5 Å². The molecule has 0 aromatic heterocycles. The minimum Gasteiger partial charge on any atom is -0.381 e. The third kappa shape index (κ3) is 2.13. The molecule has 1 heterocycles. The fourth-order valence-corrected chi connectivity index (χ4v) is 2.39. The summed E-state index contributed by atoms with van der Waals surface area (Å²) < 4.78 is 11.2. The van der Waals surface area contributed by atoms with Crippen LogP contribution in [0.4, 0.5) is 0 Å². The third-order valence-electron chi connectivity index (χ3n) is 3.55. The first-order chi connectivity index (χ1) is 7.80. The van der Waals surface area contributed by atoms with E-state index in [-0.39, 0.29) is 5.60 Å². The van der Waals surface area contributed by atoms with Crippen LogP contribution in [0, 0.1) is 0 Å². The second-order valence-corrected chi connectivity index (χ2v) is 4.36. The molecule has 0 unspecified atom stereocenters. The van der Waals surface area contributed by atoms with Gasteiger partial charge in [-0.25, -0.2) is 0 Å². The van der Waals surface area contributed by atoms with Gasteiger partial charge >= 0.3 is 0 Å². The van der Waals surface area contributed by atoms with Gasteiger partial charge in [-0.05, 0) is 17.5 Å². The predicted molar refractivity (Wildman–Crippen MR) is 64.6 cm³/mol. The van der Waals surface area contributed by atoms with Gasteiger partial charge in [-0.3, -0.25) is 0 Å². The van der Waals surface area contributed by atoms with Gasteiger partial charge in [-0.1, -0.05) is 31.2 Å². The van der Waals surface area contributed by atoms with Crippen molar-refractivity contribution in [1.82, 2.24) is 0 Å². The first-order valence-electron chi connectivity index (χ1n) is 6.03. The van der Waals surface area contributed by atoms with E-state index in [4.69, 9.17) is 9.47 Å². The molecule has 1 aliphatic heterocycles. The Balaban J connectivity index is 2.31. The van der Waals surface area contributed by atoms with Gasteiger partial charge in [0.1, 0.15) is 0 Å². The molecule has 0 amide bonds. The summed E-state index contributed by atoms with van der Waals surface area (Å²) in [5, 5.41) is 0. The van der Waals surface area contributed by atoms with Gasteiger partial charge in [0.15, 0.2) is 0 Å². The Morgan fingerprint density at radius 2 is 2.06 bits per heavy atom. The molecule has 1 aromatic rings. The van der Waals surface area contributed by atoms with Crippen molar-refractivity contribution in [3.63, 3.8) is 0 Å². The summed E-state index contributed by atoms with van der Waals surface area (Å²) >= 11 is 0. The first-order valence-corrected chi connectivity index (χ1v) is 6.03. The molecular formula is C14H20O2. The Morgan fingerprint density at radius 3 is 2.69 bits per heavy atom. The zero-order valence-corrected chi connectivity index (χ0v) is 10.2. The first kappa shape index (κ1) is 11.6. The second-order valence-electron chi connectivity index (χ2n) is 4.36. The number of hydrogen-bond donors (Lipinski definition) is 0. The topological polar surface area (TPSA) is 18.5 Å². The van der Waals surface area contributed by atoms with E-state index >= 15 is 0 Å².